The second-order valence-electron chi connectivity index (χ2n) is 4.94. The van der Waals surface area contributed by atoms with Gasteiger partial charge in [-0.2, -0.15) is 4.98 Å². The van der Waals surface area contributed by atoms with Crippen LogP contribution in [0.1, 0.15) is 25.0 Å². The number of nitrogens with one attached hydrogen (secondary N) is 1. The van der Waals surface area contributed by atoms with E-state index in [9.17, 15) is 4.79 Å². The maximum Gasteiger partial charge on any atom is 0.263 e. The molecule has 1 aliphatic heterocycles. The summed E-state index contributed by atoms with van der Waals surface area (Å²) in [6.07, 6.45) is 4.03. The molecule has 20 heavy (non-hydrogen) atoms. The lowest BCUT2D eigenvalue weighted by Gasteiger charge is -2.15. The van der Waals surface area contributed by atoms with E-state index in [1.807, 2.05) is 11.8 Å². The first kappa shape index (κ1) is 12.8. The van der Waals surface area contributed by atoms with Gasteiger partial charge in [-0.15, -0.1) is 0 Å². The van der Waals surface area contributed by atoms with Gasteiger partial charge in [0.25, 0.3) is 5.71 Å². The lowest BCUT2D eigenvalue weighted by molar-refractivity contribution is -0.127. The van der Waals surface area contributed by atoms with Crippen molar-refractivity contribution >= 4 is 22.8 Å². The fourth-order valence-corrected chi connectivity index (χ4v) is 2.47. The van der Waals surface area contributed by atoms with E-state index in [0.717, 1.165) is 49.4 Å². The average molecular weight is 275 g/mol. The number of hydrogen-bond acceptors (Lipinski definition) is 6. The van der Waals surface area contributed by atoms with Crippen LogP contribution in [0.15, 0.2) is 10.9 Å². The van der Waals surface area contributed by atoms with Crippen LogP contribution < -0.4 is 5.32 Å². The zero-order valence-corrected chi connectivity index (χ0v) is 11.4. The van der Waals surface area contributed by atoms with Crippen LogP contribution in [-0.4, -0.2) is 45.6 Å². The van der Waals surface area contributed by atoms with Crippen molar-refractivity contribution in [2.45, 2.75) is 26.2 Å². The van der Waals surface area contributed by atoms with Crippen molar-refractivity contribution < 1.29 is 9.32 Å². The zero-order valence-electron chi connectivity index (χ0n) is 11.4. The van der Waals surface area contributed by atoms with E-state index in [0.29, 0.717) is 12.1 Å². The van der Waals surface area contributed by atoms with Gasteiger partial charge in [0.2, 0.25) is 5.91 Å². The summed E-state index contributed by atoms with van der Waals surface area (Å²) in [7, 11) is 0. The largest absolute Gasteiger partial charge is 0.369 e. The third-order valence-corrected chi connectivity index (χ3v) is 3.51. The van der Waals surface area contributed by atoms with Crippen LogP contribution in [-0.2, 0) is 4.79 Å². The SMILES string of the molecule is Cc1noc2ncnc(NCCCN3CCCC3=O)c12. The minimum atomic E-state index is 0.268. The van der Waals surface area contributed by atoms with Crippen LogP contribution in [0.3, 0.4) is 0 Å². The van der Waals surface area contributed by atoms with Gasteiger partial charge in [0, 0.05) is 26.1 Å². The van der Waals surface area contributed by atoms with Gasteiger partial charge < -0.3 is 14.7 Å². The number of likely N-dealkylation sites (tertiary alicyclic amines) is 1. The number of fused-ring (bicyclic) bond motifs is 1. The normalized spacial score (nSPS) is 15.2. The Labute approximate surface area is 116 Å². The summed E-state index contributed by atoms with van der Waals surface area (Å²) in [6, 6.07) is 0. The molecule has 0 aliphatic carbocycles. The lowest BCUT2D eigenvalue weighted by Crippen LogP contribution is -2.27. The Morgan fingerprint density at radius 2 is 2.35 bits per heavy atom. The van der Waals surface area contributed by atoms with Gasteiger partial charge in [0.15, 0.2) is 0 Å². The third-order valence-electron chi connectivity index (χ3n) is 3.51. The number of anilines is 1. The van der Waals surface area contributed by atoms with Crippen molar-refractivity contribution in [1.82, 2.24) is 20.0 Å². The average Bonchev–Trinajstić information content (AvgIpc) is 3.02. The summed E-state index contributed by atoms with van der Waals surface area (Å²) in [6.45, 7) is 4.30. The maximum absolute atomic E-state index is 11.5. The van der Waals surface area contributed by atoms with E-state index >= 15 is 0 Å². The summed E-state index contributed by atoms with van der Waals surface area (Å²) >= 11 is 0. The topological polar surface area (TPSA) is 84.2 Å². The summed E-state index contributed by atoms with van der Waals surface area (Å²) in [5, 5.41) is 7.98. The van der Waals surface area contributed by atoms with Gasteiger partial charge in [0.1, 0.15) is 17.5 Å². The fourth-order valence-electron chi connectivity index (χ4n) is 2.47. The van der Waals surface area contributed by atoms with Gasteiger partial charge in [-0.1, -0.05) is 5.16 Å². The maximum atomic E-state index is 11.5. The van der Waals surface area contributed by atoms with Gasteiger partial charge in [-0.3, -0.25) is 4.79 Å². The first-order valence-corrected chi connectivity index (χ1v) is 6.84. The molecule has 1 amide bonds. The summed E-state index contributed by atoms with van der Waals surface area (Å²) in [4.78, 5) is 21.7. The predicted molar refractivity (Wildman–Crippen MR) is 73.3 cm³/mol. The van der Waals surface area contributed by atoms with Crippen molar-refractivity contribution in [2.75, 3.05) is 25.0 Å². The van der Waals surface area contributed by atoms with Crippen molar-refractivity contribution in [3.8, 4) is 0 Å². The molecular formula is C13H17N5O2. The van der Waals surface area contributed by atoms with E-state index in [-0.39, 0.29) is 5.91 Å². The Hall–Kier alpha value is -2.18. The van der Waals surface area contributed by atoms with Gasteiger partial charge in [-0.05, 0) is 19.8 Å². The summed E-state index contributed by atoms with van der Waals surface area (Å²) in [5.74, 6) is 1.01. The lowest BCUT2D eigenvalue weighted by atomic mass is 10.3. The van der Waals surface area contributed by atoms with E-state index in [1.54, 1.807) is 0 Å². The minimum absolute atomic E-state index is 0.268. The van der Waals surface area contributed by atoms with Crippen LogP contribution in [0.5, 0.6) is 0 Å². The number of aryl methyl sites for hydroxylation is 1. The Morgan fingerprint density at radius 1 is 1.45 bits per heavy atom. The number of aromatic nitrogens is 3. The highest BCUT2D eigenvalue weighted by Gasteiger charge is 2.19. The summed E-state index contributed by atoms with van der Waals surface area (Å²) < 4.78 is 5.10. The third kappa shape index (κ3) is 2.43. The molecule has 0 aromatic carbocycles. The first-order valence-electron chi connectivity index (χ1n) is 6.84. The summed E-state index contributed by atoms with van der Waals surface area (Å²) in [5.41, 5.74) is 1.27. The van der Waals surface area contributed by atoms with Crippen LogP contribution >= 0.6 is 0 Å². The predicted octanol–water partition coefficient (Wildman–Crippen LogP) is 1.35. The minimum Gasteiger partial charge on any atom is -0.369 e. The molecule has 7 nitrogen and oxygen atoms in total. The zero-order chi connectivity index (χ0) is 13.9. The standard InChI is InChI=1S/C13H17N5O2/c1-9-11-12(15-8-16-13(11)20-17-9)14-5-3-7-18-6-2-4-10(18)19/h8H,2-7H2,1H3,(H,14,15,16). The number of carbonyl (C=O) groups excluding carboxylic acids is 1. The molecule has 1 saturated heterocycles. The van der Waals surface area contributed by atoms with Crippen LogP contribution in [0.2, 0.25) is 0 Å². The Balaban J connectivity index is 1.57. The van der Waals surface area contributed by atoms with Crippen LogP contribution in [0, 0.1) is 6.92 Å². The van der Waals surface area contributed by atoms with Gasteiger partial charge in [-0.25, -0.2) is 4.98 Å². The molecule has 2 aromatic heterocycles. The molecule has 0 atom stereocenters. The Kier molecular flexibility index (Phi) is 3.49. The van der Waals surface area contributed by atoms with Crippen molar-refractivity contribution in [2.24, 2.45) is 0 Å². The number of carbonyl (C=O) groups is 1. The van der Waals surface area contributed by atoms with E-state index in [1.165, 1.54) is 6.33 Å². The molecule has 1 aliphatic rings. The Bertz CT molecular complexity index is 624. The number of rotatable bonds is 5. The number of nitrogens with zero attached hydrogens (tertiary/aromatic N) is 4. The molecule has 0 radical (unpaired) electrons. The van der Waals surface area contributed by atoms with Crippen molar-refractivity contribution in [1.29, 1.82) is 0 Å². The molecule has 0 saturated carbocycles. The molecule has 3 rings (SSSR count). The molecule has 0 unspecified atom stereocenters. The highest BCUT2D eigenvalue weighted by atomic mass is 16.5. The number of hydrogen-bond donors (Lipinski definition) is 1. The molecule has 1 fully saturated rings. The second kappa shape index (κ2) is 5.44. The smallest absolute Gasteiger partial charge is 0.263 e. The van der Waals surface area contributed by atoms with E-state index in [2.05, 4.69) is 20.4 Å². The fraction of sp³-hybridized carbons (Fsp3) is 0.538. The van der Waals surface area contributed by atoms with E-state index < -0.39 is 0 Å². The molecule has 1 N–H and O–H groups in total. The number of amides is 1. The van der Waals surface area contributed by atoms with Crippen molar-refractivity contribution in [3.05, 3.63) is 12.0 Å². The highest BCUT2D eigenvalue weighted by molar-refractivity contribution is 5.87. The Morgan fingerprint density at radius 3 is 3.15 bits per heavy atom. The second-order valence-corrected chi connectivity index (χ2v) is 4.94. The molecule has 2 aromatic rings. The molecule has 106 valence electrons. The quantitative estimate of drug-likeness (QED) is 0.829. The van der Waals surface area contributed by atoms with Gasteiger partial charge in [0.05, 0.1) is 5.69 Å². The molecule has 0 bridgehead atoms. The molecular weight excluding hydrogens is 258 g/mol. The highest BCUT2D eigenvalue weighted by Crippen LogP contribution is 2.22. The molecule has 3 heterocycles. The van der Waals surface area contributed by atoms with Gasteiger partial charge >= 0.3 is 0 Å². The van der Waals surface area contributed by atoms with E-state index in [4.69, 9.17) is 4.52 Å². The first-order chi connectivity index (χ1) is 9.75. The molecule has 0 spiro atoms. The van der Waals surface area contributed by atoms with Crippen molar-refractivity contribution in [3.63, 3.8) is 0 Å². The monoisotopic (exact) mass is 275 g/mol. The molecule has 7 heteroatoms. The van der Waals surface area contributed by atoms with Crippen LogP contribution in [0.25, 0.3) is 11.1 Å². The van der Waals surface area contributed by atoms with Crippen LogP contribution in [0.4, 0.5) is 5.82 Å².